The van der Waals surface area contributed by atoms with Crippen LogP contribution in [-0.4, -0.2) is 50.1 Å². The fourth-order valence-corrected chi connectivity index (χ4v) is 3.24. The van der Waals surface area contributed by atoms with E-state index in [0.717, 1.165) is 11.3 Å². The molecule has 0 saturated carbocycles. The lowest BCUT2D eigenvalue weighted by atomic mass is 10.1. The molecule has 0 bridgehead atoms. The van der Waals surface area contributed by atoms with Crippen LogP contribution >= 0.6 is 0 Å². The summed E-state index contributed by atoms with van der Waals surface area (Å²) in [6, 6.07) is 9.95. The van der Waals surface area contributed by atoms with Crippen molar-refractivity contribution in [3.63, 3.8) is 0 Å². The molecule has 2 saturated heterocycles. The first kappa shape index (κ1) is 19.8. The quantitative estimate of drug-likeness (QED) is 0.576. The van der Waals surface area contributed by atoms with Crippen molar-refractivity contribution in [1.29, 1.82) is 0 Å². The zero-order valence-electron chi connectivity index (χ0n) is 16.1. The first-order valence-corrected chi connectivity index (χ1v) is 9.05. The Morgan fingerprint density at radius 3 is 2.63 bits per heavy atom. The minimum Gasteiger partial charge on any atom is -0.460 e. The number of fused-ring (bicyclic) bond motifs is 1. The van der Waals surface area contributed by atoms with Gasteiger partial charge in [0.2, 0.25) is 0 Å². The standard InChI is InChI=1S/C20H27NO6/c1-13(21-11-14-8-6-5-7-9-14)10-16(22)24-12-15-17-18(19(23-4)25-15)27-20(2,3)26-17/h5-10,15,17-19,21H,11-12H2,1-4H3/b13-10+/t15-,17-,18-,19+/m1/s1. The number of benzene rings is 1. The fraction of sp³-hybridized carbons (Fsp3) is 0.550. The summed E-state index contributed by atoms with van der Waals surface area (Å²) in [4.78, 5) is 12.1. The summed E-state index contributed by atoms with van der Waals surface area (Å²) in [5, 5.41) is 3.19. The Morgan fingerprint density at radius 2 is 1.93 bits per heavy atom. The molecule has 7 heteroatoms. The van der Waals surface area contributed by atoms with Gasteiger partial charge >= 0.3 is 5.97 Å². The van der Waals surface area contributed by atoms with E-state index in [-0.39, 0.29) is 18.8 Å². The highest BCUT2D eigenvalue weighted by atomic mass is 16.8. The molecule has 4 atom stereocenters. The topological polar surface area (TPSA) is 75.3 Å². The molecular formula is C20H27NO6. The van der Waals surface area contributed by atoms with Crippen molar-refractivity contribution in [2.24, 2.45) is 0 Å². The molecule has 7 nitrogen and oxygen atoms in total. The smallest absolute Gasteiger partial charge is 0.332 e. The van der Waals surface area contributed by atoms with Crippen molar-refractivity contribution in [3.8, 4) is 0 Å². The lowest BCUT2D eigenvalue weighted by Gasteiger charge is -2.23. The van der Waals surface area contributed by atoms with Gasteiger partial charge in [-0.3, -0.25) is 0 Å². The number of methoxy groups -OCH3 is 1. The maximum absolute atomic E-state index is 12.1. The third-order valence-corrected chi connectivity index (χ3v) is 4.48. The highest BCUT2D eigenvalue weighted by molar-refractivity contribution is 5.82. The van der Waals surface area contributed by atoms with Crippen molar-refractivity contribution in [1.82, 2.24) is 5.32 Å². The van der Waals surface area contributed by atoms with E-state index >= 15 is 0 Å². The van der Waals surface area contributed by atoms with Crippen LogP contribution in [0.25, 0.3) is 0 Å². The molecule has 1 N–H and O–H groups in total. The molecular weight excluding hydrogens is 350 g/mol. The number of nitrogens with one attached hydrogen (secondary N) is 1. The molecule has 2 aliphatic heterocycles. The number of allylic oxidation sites excluding steroid dienone is 1. The number of hydrogen-bond acceptors (Lipinski definition) is 7. The number of hydrogen-bond donors (Lipinski definition) is 1. The van der Waals surface area contributed by atoms with Gasteiger partial charge in [-0.05, 0) is 26.3 Å². The molecule has 0 amide bonds. The van der Waals surface area contributed by atoms with E-state index < -0.39 is 24.2 Å². The van der Waals surface area contributed by atoms with Crippen LogP contribution in [0.1, 0.15) is 26.3 Å². The molecule has 0 spiro atoms. The second kappa shape index (κ2) is 8.39. The number of carbonyl (C=O) groups is 1. The van der Waals surface area contributed by atoms with Crippen LogP contribution in [0.5, 0.6) is 0 Å². The zero-order chi connectivity index (χ0) is 19.4. The molecule has 2 fully saturated rings. The second-order valence-electron chi connectivity index (χ2n) is 7.14. The van der Waals surface area contributed by atoms with Crippen LogP contribution in [0.3, 0.4) is 0 Å². The van der Waals surface area contributed by atoms with E-state index in [0.29, 0.717) is 6.54 Å². The Balaban J connectivity index is 1.48. The van der Waals surface area contributed by atoms with E-state index in [9.17, 15) is 4.79 Å². The Kier molecular flexibility index (Phi) is 6.16. The summed E-state index contributed by atoms with van der Waals surface area (Å²) < 4.78 is 28.1. The van der Waals surface area contributed by atoms with E-state index in [4.69, 9.17) is 23.7 Å². The van der Waals surface area contributed by atoms with Crippen LogP contribution in [0.15, 0.2) is 42.1 Å². The van der Waals surface area contributed by atoms with Gasteiger partial charge in [-0.15, -0.1) is 0 Å². The molecule has 1 aromatic rings. The Morgan fingerprint density at radius 1 is 1.22 bits per heavy atom. The summed E-state index contributed by atoms with van der Waals surface area (Å²) >= 11 is 0. The van der Waals surface area contributed by atoms with E-state index in [1.165, 1.54) is 6.08 Å². The molecule has 148 valence electrons. The molecule has 0 radical (unpaired) electrons. The molecule has 2 aliphatic rings. The predicted octanol–water partition coefficient (Wildman–Crippen LogP) is 2.11. The zero-order valence-corrected chi connectivity index (χ0v) is 16.1. The van der Waals surface area contributed by atoms with Crippen molar-refractivity contribution >= 4 is 5.97 Å². The summed E-state index contributed by atoms with van der Waals surface area (Å²) in [6.45, 7) is 6.21. The van der Waals surface area contributed by atoms with Gasteiger partial charge in [-0.25, -0.2) is 4.79 Å². The number of ether oxygens (including phenoxy) is 5. The van der Waals surface area contributed by atoms with Crippen molar-refractivity contribution in [2.75, 3.05) is 13.7 Å². The van der Waals surface area contributed by atoms with Gasteiger partial charge in [0.1, 0.15) is 24.9 Å². The third kappa shape index (κ3) is 5.07. The highest BCUT2D eigenvalue weighted by Gasteiger charge is 2.55. The molecule has 2 heterocycles. The predicted molar refractivity (Wildman–Crippen MR) is 97.5 cm³/mol. The van der Waals surface area contributed by atoms with Gasteiger partial charge in [0.25, 0.3) is 0 Å². The SMILES string of the molecule is CO[C@H]1O[C@H](COC(=O)/C=C(\C)NCc2ccccc2)[C@H]2OC(C)(C)O[C@@H]12. The maximum atomic E-state index is 12.1. The normalized spacial score (nSPS) is 29.4. The molecule has 1 aromatic carbocycles. The van der Waals surface area contributed by atoms with Crippen molar-refractivity contribution in [2.45, 2.75) is 57.7 Å². The molecule has 0 aromatic heterocycles. The maximum Gasteiger partial charge on any atom is 0.332 e. The Bertz CT molecular complexity index is 674. The summed E-state index contributed by atoms with van der Waals surface area (Å²) in [5.41, 5.74) is 1.86. The molecule has 3 rings (SSSR count). The number of esters is 1. The number of rotatable bonds is 7. The second-order valence-corrected chi connectivity index (χ2v) is 7.14. The average Bonchev–Trinajstić information content (AvgIpc) is 3.12. The summed E-state index contributed by atoms with van der Waals surface area (Å²) in [5.74, 6) is -1.15. The molecule has 0 aliphatic carbocycles. The van der Waals surface area contributed by atoms with Crippen LogP contribution in [0.2, 0.25) is 0 Å². The van der Waals surface area contributed by atoms with Crippen LogP contribution in [0, 0.1) is 0 Å². The Labute approximate surface area is 159 Å². The third-order valence-electron chi connectivity index (χ3n) is 4.48. The lowest BCUT2D eigenvalue weighted by molar-refractivity contribution is -0.231. The summed E-state index contributed by atoms with van der Waals surface area (Å²) in [7, 11) is 1.55. The highest BCUT2D eigenvalue weighted by Crippen LogP contribution is 2.38. The fourth-order valence-electron chi connectivity index (χ4n) is 3.24. The molecule has 0 unspecified atom stereocenters. The van der Waals surface area contributed by atoms with E-state index in [1.54, 1.807) is 7.11 Å². The van der Waals surface area contributed by atoms with Crippen LogP contribution in [0.4, 0.5) is 0 Å². The van der Waals surface area contributed by atoms with E-state index in [2.05, 4.69) is 5.32 Å². The first-order valence-electron chi connectivity index (χ1n) is 9.05. The van der Waals surface area contributed by atoms with E-state index in [1.807, 2.05) is 51.1 Å². The van der Waals surface area contributed by atoms with Gasteiger partial charge in [0.15, 0.2) is 12.1 Å². The average molecular weight is 377 g/mol. The number of carbonyl (C=O) groups excluding carboxylic acids is 1. The van der Waals surface area contributed by atoms with Crippen molar-refractivity contribution in [3.05, 3.63) is 47.7 Å². The Hall–Kier alpha value is -1.93. The van der Waals surface area contributed by atoms with Crippen LogP contribution < -0.4 is 5.32 Å². The summed E-state index contributed by atoms with van der Waals surface area (Å²) in [6.07, 6.45) is -0.210. The molecule has 27 heavy (non-hydrogen) atoms. The van der Waals surface area contributed by atoms with Crippen molar-refractivity contribution < 1.29 is 28.5 Å². The minimum absolute atomic E-state index is 0.0712. The lowest BCUT2D eigenvalue weighted by Crippen LogP contribution is -2.33. The van der Waals surface area contributed by atoms with Crippen LogP contribution in [-0.2, 0) is 35.0 Å². The van der Waals surface area contributed by atoms with Gasteiger partial charge in [-0.1, -0.05) is 30.3 Å². The monoisotopic (exact) mass is 377 g/mol. The first-order chi connectivity index (χ1) is 12.9. The van der Waals surface area contributed by atoms with Gasteiger partial charge in [0, 0.05) is 25.4 Å². The van der Waals surface area contributed by atoms with Gasteiger partial charge < -0.3 is 29.0 Å². The minimum atomic E-state index is -0.712. The largest absolute Gasteiger partial charge is 0.460 e. The van der Waals surface area contributed by atoms with Gasteiger partial charge in [0.05, 0.1) is 0 Å². The van der Waals surface area contributed by atoms with Gasteiger partial charge in [-0.2, -0.15) is 0 Å².